The first-order valence-corrected chi connectivity index (χ1v) is 14.0. The van der Waals surface area contributed by atoms with Crippen LogP contribution in [0.4, 0.5) is 5.69 Å². The van der Waals surface area contributed by atoms with Gasteiger partial charge in [0.25, 0.3) is 0 Å². The van der Waals surface area contributed by atoms with E-state index < -0.39 is 9.84 Å². The Morgan fingerprint density at radius 1 is 1.24 bits per heavy atom. The summed E-state index contributed by atoms with van der Waals surface area (Å²) in [6.45, 7) is 5.26. The number of aryl methyl sites for hydroxylation is 1. The molecule has 2 aliphatic heterocycles. The molecule has 0 bridgehead atoms. The number of pyridine rings is 1. The van der Waals surface area contributed by atoms with Gasteiger partial charge in [-0.3, -0.25) is 4.79 Å². The highest BCUT2D eigenvalue weighted by molar-refractivity contribution is 7.91. The molecule has 0 radical (unpaired) electrons. The van der Waals surface area contributed by atoms with Gasteiger partial charge in [0.05, 0.1) is 34.5 Å². The number of fused-ring (bicyclic) bond motifs is 1. The third-order valence-corrected chi connectivity index (χ3v) is 8.96. The van der Waals surface area contributed by atoms with Gasteiger partial charge in [-0.25, -0.2) is 18.1 Å². The van der Waals surface area contributed by atoms with Crippen LogP contribution in [0.25, 0.3) is 11.0 Å². The Morgan fingerprint density at radius 3 is 2.71 bits per heavy atom. The average molecular weight is 489 g/mol. The number of anilines is 1. The summed E-state index contributed by atoms with van der Waals surface area (Å²) in [6.07, 6.45) is 7.70. The standard InChI is InChI=1S/C23H32N6O4S/c1-3-20(30)24-12-15-9-23(10-15)11-19(28-33-23)17-13-25-22-18(14-26-29(22)4-2)21(17)27-16-5-7-34(31,32)8-6-16/h13-16H,3-12H2,1-2H3,(H,24,30)(H,25,27). The molecule has 1 saturated carbocycles. The lowest BCUT2D eigenvalue weighted by atomic mass is 9.68. The Morgan fingerprint density at radius 2 is 2.00 bits per heavy atom. The average Bonchev–Trinajstić information content (AvgIpc) is 3.43. The molecule has 1 amide bonds. The molecule has 0 atom stereocenters. The SMILES string of the molecule is CCC(=O)NCC1CC2(CC(c3cnc4c(cnn4CC)c3NC3CCS(=O)(=O)CC3)=NO2)C1. The molecule has 1 aliphatic carbocycles. The second-order valence-corrected chi connectivity index (χ2v) is 12.0. The summed E-state index contributed by atoms with van der Waals surface area (Å²) < 4.78 is 25.7. The molecule has 5 rings (SSSR count). The second-order valence-electron chi connectivity index (χ2n) is 9.74. The number of nitrogens with one attached hydrogen (secondary N) is 2. The zero-order valence-corrected chi connectivity index (χ0v) is 20.5. The number of carbonyl (C=O) groups excluding carboxylic acids is 1. The molecule has 1 spiro atoms. The van der Waals surface area contributed by atoms with Crippen LogP contribution in [-0.4, -0.2) is 64.5 Å². The molecule has 10 nitrogen and oxygen atoms in total. The highest BCUT2D eigenvalue weighted by Crippen LogP contribution is 2.47. The summed E-state index contributed by atoms with van der Waals surface area (Å²) in [5.41, 5.74) is 3.12. The van der Waals surface area contributed by atoms with Crippen LogP contribution in [0.5, 0.6) is 0 Å². The maximum absolute atomic E-state index is 11.9. The van der Waals surface area contributed by atoms with E-state index in [1.807, 2.05) is 30.9 Å². The van der Waals surface area contributed by atoms with E-state index in [1.54, 1.807) is 0 Å². The highest BCUT2D eigenvalue weighted by Gasteiger charge is 2.51. The van der Waals surface area contributed by atoms with E-state index in [0.717, 1.165) is 40.8 Å². The molecule has 2 fully saturated rings. The summed E-state index contributed by atoms with van der Waals surface area (Å²) in [6, 6.07) is 0.0602. The summed E-state index contributed by atoms with van der Waals surface area (Å²) in [5.74, 6) is 0.871. The Labute approximate surface area is 199 Å². The third-order valence-electron chi connectivity index (χ3n) is 7.25. The van der Waals surface area contributed by atoms with Crippen LogP contribution in [-0.2, 0) is 26.0 Å². The van der Waals surface area contributed by atoms with Crippen molar-refractivity contribution in [3.05, 3.63) is 18.0 Å². The molecule has 1 saturated heterocycles. The molecule has 34 heavy (non-hydrogen) atoms. The summed E-state index contributed by atoms with van der Waals surface area (Å²) in [5, 5.41) is 16.4. The lowest BCUT2D eigenvalue weighted by Crippen LogP contribution is -2.48. The fourth-order valence-electron chi connectivity index (χ4n) is 5.28. The molecule has 3 aliphatic rings. The number of oxime groups is 1. The van der Waals surface area contributed by atoms with Crippen molar-refractivity contribution in [2.24, 2.45) is 11.1 Å². The van der Waals surface area contributed by atoms with E-state index >= 15 is 0 Å². The van der Waals surface area contributed by atoms with Crippen LogP contribution in [0, 0.1) is 5.92 Å². The van der Waals surface area contributed by atoms with Gasteiger partial charge in [-0.1, -0.05) is 12.1 Å². The zero-order chi connectivity index (χ0) is 23.9. The van der Waals surface area contributed by atoms with E-state index in [2.05, 4.69) is 25.9 Å². The maximum atomic E-state index is 11.9. The predicted molar refractivity (Wildman–Crippen MR) is 129 cm³/mol. The molecule has 0 aromatic carbocycles. The Kier molecular flexibility index (Phi) is 5.99. The number of rotatable bonds is 7. The van der Waals surface area contributed by atoms with Crippen molar-refractivity contribution in [1.29, 1.82) is 0 Å². The fourth-order valence-corrected chi connectivity index (χ4v) is 6.77. The van der Waals surface area contributed by atoms with Gasteiger partial charge < -0.3 is 15.5 Å². The van der Waals surface area contributed by atoms with Crippen molar-refractivity contribution in [1.82, 2.24) is 20.1 Å². The topological polar surface area (TPSA) is 128 Å². The molecule has 2 aromatic heterocycles. The van der Waals surface area contributed by atoms with Crippen molar-refractivity contribution in [2.75, 3.05) is 23.4 Å². The molecular weight excluding hydrogens is 456 g/mol. The lowest BCUT2D eigenvalue weighted by molar-refractivity contribution is -0.124. The van der Waals surface area contributed by atoms with E-state index in [1.165, 1.54) is 0 Å². The third kappa shape index (κ3) is 4.37. The van der Waals surface area contributed by atoms with Crippen molar-refractivity contribution in [2.45, 2.75) is 70.6 Å². The first-order chi connectivity index (χ1) is 16.3. The monoisotopic (exact) mass is 488 g/mol. The second kappa shape index (κ2) is 8.83. The van der Waals surface area contributed by atoms with Gasteiger partial charge in [0.2, 0.25) is 5.91 Å². The van der Waals surface area contributed by atoms with E-state index in [4.69, 9.17) is 4.84 Å². The van der Waals surface area contributed by atoms with Crippen LogP contribution in [0.2, 0.25) is 0 Å². The minimum Gasteiger partial charge on any atom is -0.389 e. The molecule has 4 heterocycles. The van der Waals surface area contributed by atoms with Crippen LogP contribution in [0.15, 0.2) is 17.5 Å². The van der Waals surface area contributed by atoms with Crippen LogP contribution in [0.3, 0.4) is 0 Å². The van der Waals surface area contributed by atoms with E-state index in [-0.39, 0.29) is 29.1 Å². The van der Waals surface area contributed by atoms with Gasteiger partial charge in [-0.15, -0.1) is 0 Å². The van der Waals surface area contributed by atoms with Gasteiger partial charge in [0, 0.05) is 43.7 Å². The predicted octanol–water partition coefficient (Wildman–Crippen LogP) is 2.24. The van der Waals surface area contributed by atoms with Gasteiger partial charge in [0.15, 0.2) is 5.65 Å². The zero-order valence-electron chi connectivity index (χ0n) is 19.7. The molecule has 0 unspecified atom stereocenters. The van der Waals surface area contributed by atoms with E-state index in [9.17, 15) is 13.2 Å². The Hall–Kier alpha value is -2.69. The first-order valence-electron chi connectivity index (χ1n) is 12.1. The van der Waals surface area contributed by atoms with Crippen LogP contribution < -0.4 is 10.6 Å². The lowest BCUT2D eigenvalue weighted by Gasteiger charge is -2.42. The van der Waals surface area contributed by atoms with Gasteiger partial charge in [-0.05, 0) is 38.5 Å². The number of sulfone groups is 1. The summed E-state index contributed by atoms with van der Waals surface area (Å²) in [7, 11) is -2.94. The van der Waals surface area contributed by atoms with Crippen LogP contribution in [0.1, 0.15) is 57.9 Å². The quantitative estimate of drug-likeness (QED) is 0.612. The number of carbonyl (C=O) groups is 1. The maximum Gasteiger partial charge on any atom is 0.219 e. The van der Waals surface area contributed by atoms with E-state index in [0.29, 0.717) is 44.7 Å². The number of hydrogen-bond acceptors (Lipinski definition) is 8. The molecule has 2 aromatic rings. The molecular formula is C23H32N6O4S. The molecule has 184 valence electrons. The minimum atomic E-state index is -2.94. The van der Waals surface area contributed by atoms with Gasteiger partial charge >= 0.3 is 0 Å². The molecule has 2 N–H and O–H groups in total. The van der Waals surface area contributed by atoms with Crippen molar-refractivity contribution in [3.63, 3.8) is 0 Å². The number of amides is 1. The van der Waals surface area contributed by atoms with Crippen LogP contribution >= 0.6 is 0 Å². The molecule has 11 heteroatoms. The van der Waals surface area contributed by atoms with Crippen molar-refractivity contribution in [3.8, 4) is 0 Å². The highest BCUT2D eigenvalue weighted by atomic mass is 32.2. The normalized spacial score (nSPS) is 23.4. The summed E-state index contributed by atoms with van der Waals surface area (Å²) in [4.78, 5) is 22.2. The van der Waals surface area contributed by atoms with Gasteiger partial charge in [0.1, 0.15) is 15.4 Å². The van der Waals surface area contributed by atoms with Crippen molar-refractivity contribution >= 4 is 38.2 Å². The number of hydrogen-bond donors (Lipinski definition) is 2. The Bertz CT molecular complexity index is 1220. The van der Waals surface area contributed by atoms with Gasteiger partial charge in [-0.2, -0.15) is 5.10 Å². The largest absolute Gasteiger partial charge is 0.389 e. The number of aromatic nitrogens is 3. The first kappa shape index (κ1) is 23.1. The smallest absolute Gasteiger partial charge is 0.219 e. The Balaban J connectivity index is 1.35. The summed E-state index contributed by atoms with van der Waals surface area (Å²) >= 11 is 0. The number of nitrogens with zero attached hydrogens (tertiary/aromatic N) is 4. The minimum absolute atomic E-state index is 0.0602. The van der Waals surface area contributed by atoms with Crippen molar-refractivity contribution < 1.29 is 18.0 Å². The fraction of sp³-hybridized carbons (Fsp3) is 0.652.